The Bertz CT molecular complexity index is 145. The molecule has 4 heteroatoms. The van der Waals surface area contributed by atoms with E-state index in [-0.39, 0.29) is 5.92 Å². The van der Waals surface area contributed by atoms with E-state index in [1.165, 1.54) is 0 Å². The Morgan fingerprint density at radius 2 is 2.18 bits per heavy atom. The zero-order valence-electron chi connectivity index (χ0n) is 6.70. The summed E-state index contributed by atoms with van der Waals surface area (Å²) in [6.07, 6.45) is 0.884. The lowest BCUT2D eigenvalue weighted by atomic mass is 10.1. The molecular weight excluding hydrogens is 148 g/mol. The molecule has 0 aliphatic heterocycles. The lowest BCUT2D eigenvalue weighted by Gasteiger charge is -2.12. The topological polar surface area (TPSA) is 66.4 Å². The average Bonchev–Trinajstić information content (AvgIpc) is 1.86. The fourth-order valence-electron chi connectivity index (χ4n) is 0.794. The van der Waals surface area contributed by atoms with Crippen molar-refractivity contribution in [3.8, 4) is 0 Å². The van der Waals surface area contributed by atoms with E-state index in [2.05, 4.69) is 5.32 Å². The Morgan fingerprint density at radius 1 is 1.64 bits per heavy atom. The smallest absolute Gasteiger partial charge is 0.326 e. The van der Waals surface area contributed by atoms with Crippen LogP contribution in [0.15, 0.2) is 0 Å². The fourth-order valence-corrected chi connectivity index (χ4v) is 0.794. The number of amides is 1. The molecule has 0 aliphatic rings. The highest BCUT2D eigenvalue weighted by Gasteiger charge is 2.16. The third-order valence-electron chi connectivity index (χ3n) is 1.27. The van der Waals surface area contributed by atoms with E-state index >= 15 is 0 Å². The van der Waals surface area contributed by atoms with E-state index in [9.17, 15) is 9.59 Å². The van der Waals surface area contributed by atoms with Gasteiger partial charge in [-0.1, -0.05) is 13.8 Å². The first-order valence-corrected chi connectivity index (χ1v) is 3.50. The minimum Gasteiger partial charge on any atom is -0.480 e. The van der Waals surface area contributed by atoms with Crippen molar-refractivity contribution in [3.63, 3.8) is 0 Å². The van der Waals surface area contributed by atoms with Crippen LogP contribution in [0, 0.1) is 5.92 Å². The van der Waals surface area contributed by atoms with E-state index in [1.807, 2.05) is 13.8 Å². The van der Waals surface area contributed by atoms with Gasteiger partial charge in [-0.15, -0.1) is 0 Å². The maximum Gasteiger partial charge on any atom is 0.326 e. The van der Waals surface area contributed by atoms with Crippen LogP contribution in [-0.4, -0.2) is 23.5 Å². The van der Waals surface area contributed by atoms with Gasteiger partial charge < -0.3 is 10.4 Å². The van der Waals surface area contributed by atoms with Gasteiger partial charge in [-0.2, -0.15) is 0 Å². The van der Waals surface area contributed by atoms with Gasteiger partial charge in [-0.25, -0.2) is 4.79 Å². The monoisotopic (exact) mass is 161 g/mol. The van der Waals surface area contributed by atoms with Crippen LogP contribution >= 0.6 is 0 Å². The van der Waals surface area contributed by atoms with Crippen LogP contribution in [0.3, 0.4) is 0 Å². The molecule has 1 atom stereocenters. The molecule has 0 radical (unpaired) electrons. The normalized spacial score (nSPS) is 12.6. The maximum atomic E-state index is 10.4. The molecule has 0 spiro atoms. The summed E-state index contributed by atoms with van der Waals surface area (Å²) < 4.78 is 0. The number of hydrogen-bond acceptors (Lipinski definition) is 2. The number of carboxylic acids is 1. The van der Waals surface area contributed by atoms with E-state index in [1.54, 1.807) is 0 Å². The summed E-state index contributed by atoms with van der Waals surface area (Å²) in [6, 6.07) is -0.743. The molecule has 0 aromatic heterocycles. The Balaban J connectivity index is 3.88. The van der Waals surface area contributed by atoms with Crippen molar-refractivity contribution in [3.05, 3.63) is 0 Å². The Hall–Kier alpha value is -1.06. The second kappa shape index (κ2) is 4.71. The van der Waals surface area contributed by atoms with Gasteiger partial charge in [0.1, 0.15) is 6.04 Å². The van der Waals surface area contributed by atoms with Crippen LogP contribution in [0.1, 0.15) is 20.3 Å². The minimum atomic E-state index is -0.981. The van der Waals surface area contributed by atoms with Crippen molar-refractivity contribution in [2.45, 2.75) is 26.3 Å². The van der Waals surface area contributed by atoms with Gasteiger partial charge in [0.25, 0.3) is 0 Å². The highest BCUT2D eigenvalue weighted by molar-refractivity contribution is 5.76. The molecule has 64 valence electrons. The molecule has 0 aromatic rings. The lowest BCUT2D eigenvalue weighted by Crippen LogP contribution is -2.36. The molecule has 0 aliphatic carbocycles. The maximum absolute atomic E-state index is 10.4. The largest absolute Gasteiger partial charge is 0.480 e. The fraction of sp³-hybridized carbons (Fsp3) is 0.714. The van der Waals surface area contributed by atoms with Crippen molar-refractivity contribution in [1.29, 1.82) is 0 Å². The molecule has 0 fully saturated rings. The number of hydrogen-bond donors (Lipinski definition) is 2. The first kappa shape index (κ1) is 9.94. The molecule has 1 amide bonds. The summed E-state index contributed by atoms with van der Waals surface area (Å²) in [5, 5.41) is 10.8. The zero-order valence-corrected chi connectivity index (χ0v) is 6.70. The van der Waals surface area contributed by atoms with Gasteiger partial charge in [-0.3, -0.25) is 4.79 Å². The molecule has 1 unspecified atom stereocenters. The lowest BCUT2D eigenvalue weighted by molar-refractivity contribution is -0.141. The zero-order chi connectivity index (χ0) is 8.85. The number of carbonyl (C=O) groups is 2. The first-order valence-electron chi connectivity index (χ1n) is 3.50. The van der Waals surface area contributed by atoms with Crippen LogP contribution in [0.4, 0.5) is 0 Å². The Kier molecular flexibility index (Phi) is 4.26. The summed E-state index contributed by atoms with van der Waals surface area (Å²) in [5.74, 6) is -0.714. The summed E-state index contributed by atoms with van der Waals surface area (Å²) >= 11 is 0. The summed E-state index contributed by atoms with van der Waals surface area (Å²) in [5.41, 5.74) is 0. The van der Waals surface area contributed by atoms with E-state index in [0.29, 0.717) is 12.8 Å². The molecule has 0 bridgehead atoms. The number of aliphatic carboxylic acids is 1. The summed E-state index contributed by atoms with van der Waals surface area (Å²) in [4.78, 5) is 20.3. The van der Waals surface area contributed by atoms with Crippen molar-refractivity contribution in [1.82, 2.24) is 5.32 Å². The van der Waals surface area contributed by atoms with Crippen molar-refractivity contribution >= 4 is 12.4 Å². The third-order valence-corrected chi connectivity index (χ3v) is 1.27. The number of carbonyl (C=O) groups excluding carboxylic acids is 1. The Morgan fingerprint density at radius 3 is 2.45 bits per heavy atom. The van der Waals surface area contributed by atoms with Gasteiger partial charge in [0.05, 0.1) is 0 Å². The second-order valence-corrected chi connectivity index (χ2v) is 2.80. The highest BCUT2D eigenvalue weighted by atomic mass is 16.4. The summed E-state index contributed by atoms with van der Waals surface area (Å²) in [6.45, 7) is 3.81. The molecule has 11 heavy (non-hydrogen) atoms. The highest BCUT2D eigenvalue weighted by Crippen LogP contribution is 2.03. The van der Waals surface area contributed by atoms with Crippen LogP contribution in [-0.2, 0) is 9.59 Å². The summed E-state index contributed by atoms with van der Waals surface area (Å²) in [7, 11) is 0. The Labute approximate surface area is 65.6 Å². The average molecular weight is 161 g/mol. The van der Waals surface area contributed by atoms with Gasteiger partial charge in [0.2, 0.25) is 6.41 Å². The van der Waals surface area contributed by atoms with E-state index in [4.69, 9.17) is 5.11 Å². The molecule has 0 rings (SSSR count). The SMILES string of the molecule is CC(C)CC([15NH][13CH]=O)C(=O)O. The quantitative estimate of drug-likeness (QED) is 0.344. The van der Waals surface area contributed by atoms with E-state index < -0.39 is 12.0 Å². The van der Waals surface area contributed by atoms with Gasteiger partial charge in [-0.05, 0) is 12.3 Å². The van der Waals surface area contributed by atoms with Gasteiger partial charge >= 0.3 is 5.97 Å². The van der Waals surface area contributed by atoms with Crippen LogP contribution in [0.2, 0.25) is 0 Å². The second-order valence-electron chi connectivity index (χ2n) is 2.80. The van der Waals surface area contributed by atoms with Gasteiger partial charge in [0, 0.05) is 0 Å². The molecule has 2 N–H and O–H groups in total. The molecule has 0 saturated heterocycles. The van der Waals surface area contributed by atoms with Crippen molar-refractivity contribution < 1.29 is 14.7 Å². The first-order chi connectivity index (χ1) is 5.07. The number of nitrogens with one attached hydrogen (secondary N) is 1. The van der Waals surface area contributed by atoms with Crippen LogP contribution < -0.4 is 5.32 Å². The van der Waals surface area contributed by atoms with E-state index in [0.717, 1.165) is 0 Å². The number of rotatable bonds is 5. The predicted molar refractivity (Wildman–Crippen MR) is 40.1 cm³/mol. The molecule has 0 saturated carbocycles. The molecule has 4 nitrogen and oxygen atoms in total. The molecular formula is C7H13NO3. The molecule has 0 heterocycles. The van der Waals surface area contributed by atoms with Crippen molar-refractivity contribution in [2.75, 3.05) is 0 Å². The molecule has 0 aromatic carbocycles. The standard InChI is InChI=1S/C7H13NO3/c1-5(2)3-6(7(10)11)8-4-9/h4-6H,3H2,1-2H3,(H,8,9)(H,10,11)/i4+1,8+1. The van der Waals surface area contributed by atoms with Gasteiger partial charge in [0.15, 0.2) is 0 Å². The number of carboxylic acid groups (broad SMARTS) is 1. The predicted octanol–water partition coefficient (Wildman–Crippen LogP) is 0.232. The van der Waals surface area contributed by atoms with Crippen molar-refractivity contribution in [2.24, 2.45) is 5.92 Å². The van der Waals surface area contributed by atoms with Crippen LogP contribution in [0.5, 0.6) is 0 Å². The third kappa shape index (κ3) is 4.36. The minimum absolute atomic E-state index is 0.267. The van der Waals surface area contributed by atoms with Crippen LogP contribution in [0.25, 0.3) is 0 Å².